The van der Waals surface area contributed by atoms with Gasteiger partial charge in [0.1, 0.15) is 11.5 Å². The van der Waals surface area contributed by atoms with Crippen LogP contribution in [0.4, 0.5) is 0 Å². The van der Waals surface area contributed by atoms with Crippen molar-refractivity contribution in [2.45, 2.75) is 195 Å². The molecule has 0 radical (unpaired) electrons. The second-order valence-electron chi connectivity index (χ2n) is 19.4. The minimum Gasteiger partial charge on any atom is -0.493 e. The van der Waals surface area contributed by atoms with Gasteiger partial charge in [-0.1, -0.05) is 193 Å². The van der Waals surface area contributed by atoms with Crippen LogP contribution in [0.5, 0.6) is 11.5 Å². The molecule has 0 N–H and O–H groups in total. The largest absolute Gasteiger partial charge is 0.493 e. The molecule has 70 heavy (non-hydrogen) atoms. The molecular weight excluding hydrogens is 929 g/mol. The summed E-state index contributed by atoms with van der Waals surface area (Å²) in [6.07, 6.45) is 42.4. The third-order valence-corrected chi connectivity index (χ3v) is 18.2. The Hall–Kier alpha value is -3.68. The lowest BCUT2D eigenvalue weighted by molar-refractivity contribution is 0.295. The molecule has 0 amide bonds. The Kier molecular flexibility index (Phi) is 26.3. The summed E-state index contributed by atoms with van der Waals surface area (Å²) in [6.45, 7) is 10.6. The number of benzene rings is 2. The summed E-state index contributed by atoms with van der Waals surface area (Å²) < 4.78 is 13.4. The predicted octanol–water partition coefficient (Wildman–Crippen LogP) is 22.6. The van der Waals surface area contributed by atoms with Crippen molar-refractivity contribution in [2.24, 2.45) is 0 Å². The summed E-state index contributed by atoms with van der Waals surface area (Å²) in [4.78, 5) is 11.1. The van der Waals surface area contributed by atoms with Crippen molar-refractivity contribution in [1.29, 1.82) is 0 Å². The fourth-order valence-corrected chi connectivity index (χ4v) is 13.2. The molecule has 0 spiro atoms. The summed E-state index contributed by atoms with van der Waals surface area (Å²) in [5, 5.41) is 0. The fourth-order valence-electron chi connectivity index (χ4n) is 9.00. The lowest BCUT2D eigenvalue weighted by Gasteiger charge is -2.15. The third-order valence-electron chi connectivity index (χ3n) is 13.3. The van der Waals surface area contributed by atoms with Crippen LogP contribution < -0.4 is 9.47 Å². The number of unbranched alkanes of at least 4 members (excludes halogenated alkanes) is 20. The highest BCUT2D eigenvalue weighted by atomic mass is 32.1. The van der Waals surface area contributed by atoms with Crippen molar-refractivity contribution in [3.05, 3.63) is 116 Å². The number of thiophene rings is 4. The molecule has 0 saturated heterocycles. The van der Waals surface area contributed by atoms with E-state index in [0.29, 0.717) is 6.61 Å². The van der Waals surface area contributed by atoms with Crippen molar-refractivity contribution < 1.29 is 9.47 Å². The van der Waals surface area contributed by atoms with Gasteiger partial charge in [0.15, 0.2) is 0 Å². The second-order valence-corrected chi connectivity index (χ2v) is 23.9. The summed E-state index contributed by atoms with van der Waals surface area (Å²) >= 11 is 7.73. The first-order valence-corrected chi connectivity index (χ1v) is 31.1. The number of hydrogen-bond acceptors (Lipinski definition) is 6. The zero-order valence-corrected chi connectivity index (χ0v) is 46.9. The SMILES string of the molecule is CCCCCCCCOc1cc(C=Cc2ccc(-c3ccc(CCCCCCCC)s3)s2)c(OCCCCCCCC)cc1C=Cc1ccc(-c2ccc(-c3ccc(CCCCCCCC)s3)s2)cc1. The van der Waals surface area contributed by atoms with Crippen LogP contribution in [0.15, 0.2) is 84.9 Å². The van der Waals surface area contributed by atoms with Gasteiger partial charge in [-0.05, 0) is 122 Å². The van der Waals surface area contributed by atoms with Gasteiger partial charge >= 0.3 is 0 Å². The zero-order chi connectivity index (χ0) is 48.9. The molecule has 378 valence electrons. The number of ether oxygens (including phenoxy) is 2. The topological polar surface area (TPSA) is 18.5 Å². The quantitative estimate of drug-likeness (QED) is 0.0286. The minimum absolute atomic E-state index is 0.716. The van der Waals surface area contributed by atoms with E-state index in [1.165, 1.54) is 204 Å². The van der Waals surface area contributed by atoms with Gasteiger partial charge < -0.3 is 9.47 Å². The molecule has 6 heteroatoms. The van der Waals surface area contributed by atoms with Crippen molar-refractivity contribution in [3.8, 4) is 41.4 Å². The first kappa shape index (κ1) is 55.6. The Morgan fingerprint density at radius 2 is 0.743 bits per heavy atom. The zero-order valence-electron chi connectivity index (χ0n) is 43.6. The van der Waals surface area contributed by atoms with Gasteiger partial charge in [-0.3, -0.25) is 0 Å². The molecule has 4 aromatic heterocycles. The monoisotopic (exact) mass is 1010 g/mol. The maximum absolute atomic E-state index is 6.70. The van der Waals surface area contributed by atoms with Crippen molar-refractivity contribution in [1.82, 2.24) is 0 Å². The molecular formula is C64H86O2S4. The molecule has 6 aromatic rings. The van der Waals surface area contributed by atoms with E-state index >= 15 is 0 Å². The lowest BCUT2D eigenvalue weighted by atomic mass is 10.0. The van der Waals surface area contributed by atoms with Crippen LogP contribution in [0, 0.1) is 0 Å². The summed E-state index contributed by atoms with van der Waals surface area (Å²) in [6, 6.07) is 32.0. The van der Waals surface area contributed by atoms with Crippen molar-refractivity contribution >= 4 is 69.7 Å². The highest BCUT2D eigenvalue weighted by Gasteiger charge is 2.13. The van der Waals surface area contributed by atoms with Gasteiger partial charge in [0, 0.05) is 50.1 Å². The molecule has 0 fully saturated rings. The van der Waals surface area contributed by atoms with Crippen LogP contribution in [0.2, 0.25) is 0 Å². The van der Waals surface area contributed by atoms with E-state index in [1.807, 2.05) is 45.3 Å². The highest BCUT2D eigenvalue weighted by Crippen LogP contribution is 2.40. The van der Waals surface area contributed by atoms with Gasteiger partial charge in [0.05, 0.1) is 13.2 Å². The average Bonchev–Trinajstić information content (AvgIpc) is 4.24. The minimum atomic E-state index is 0.716. The highest BCUT2D eigenvalue weighted by molar-refractivity contribution is 7.24. The number of hydrogen-bond donors (Lipinski definition) is 0. The first-order valence-electron chi connectivity index (χ1n) is 27.8. The van der Waals surface area contributed by atoms with Crippen molar-refractivity contribution in [2.75, 3.05) is 13.2 Å². The number of aryl methyl sites for hydroxylation is 2. The predicted molar refractivity (Wildman–Crippen MR) is 317 cm³/mol. The smallest absolute Gasteiger partial charge is 0.127 e. The second kappa shape index (κ2) is 33.1. The normalized spacial score (nSPS) is 11.8. The van der Waals surface area contributed by atoms with Crippen LogP contribution in [0.1, 0.15) is 213 Å². The van der Waals surface area contributed by atoms with Gasteiger partial charge in [0.25, 0.3) is 0 Å². The van der Waals surface area contributed by atoms with Gasteiger partial charge in [-0.15, -0.1) is 45.3 Å². The Bertz CT molecular complexity index is 2370. The molecule has 0 aliphatic carbocycles. The molecule has 0 aliphatic heterocycles. The standard InChI is InChI=1S/C64H86O2S4/c1-5-9-13-17-21-25-29-55-39-42-61(67-55)62-44-41-57(69-62)38-37-54-50-58(65-47-27-23-19-15-11-7-3)53(49-59(54)66-48-28-24-20-16-12-8-4)36-33-51-31-34-52(35-32-51)60-45-46-64(70-60)63-43-40-56(68-63)30-26-22-18-14-10-6-2/h31-46,49-50H,5-30,47-48H2,1-4H3. The van der Waals surface area contributed by atoms with Crippen LogP contribution in [-0.4, -0.2) is 13.2 Å². The summed E-state index contributed by atoms with van der Waals surface area (Å²) in [5.74, 6) is 1.85. The van der Waals surface area contributed by atoms with Gasteiger partial charge in [-0.25, -0.2) is 0 Å². The van der Waals surface area contributed by atoms with Crippen LogP contribution in [0.3, 0.4) is 0 Å². The summed E-state index contributed by atoms with van der Waals surface area (Å²) in [7, 11) is 0. The van der Waals surface area contributed by atoms with Crippen molar-refractivity contribution in [3.63, 3.8) is 0 Å². The molecule has 4 heterocycles. The van der Waals surface area contributed by atoms with Gasteiger partial charge in [-0.2, -0.15) is 0 Å². The van der Waals surface area contributed by atoms with E-state index in [4.69, 9.17) is 9.47 Å². The molecule has 2 nitrogen and oxygen atoms in total. The van der Waals surface area contributed by atoms with Gasteiger partial charge in [0.2, 0.25) is 0 Å². The Morgan fingerprint density at radius 3 is 1.26 bits per heavy atom. The molecule has 0 bridgehead atoms. The lowest BCUT2D eigenvalue weighted by Crippen LogP contribution is -2.03. The summed E-state index contributed by atoms with van der Waals surface area (Å²) in [5.41, 5.74) is 4.58. The maximum atomic E-state index is 6.70. The Labute approximate surface area is 441 Å². The molecule has 6 rings (SSSR count). The Balaban J connectivity index is 1.16. The van der Waals surface area contributed by atoms with Crippen LogP contribution in [-0.2, 0) is 12.8 Å². The fraction of sp³-hybridized carbons (Fsp3) is 0.500. The van der Waals surface area contributed by atoms with E-state index in [9.17, 15) is 0 Å². The van der Waals surface area contributed by atoms with E-state index < -0.39 is 0 Å². The molecule has 0 unspecified atom stereocenters. The van der Waals surface area contributed by atoms with E-state index in [1.54, 1.807) is 0 Å². The average molecular weight is 1020 g/mol. The molecule has 0 aliphatic rings. The third kappa shape index (κ3) is 19.7. The van der Waals surface area contributed by atoms with E-state index in [-0.39, 0.29) is 0 Å². The molecule has 2 aromatic carbocycles. The molecule has 0 atom stereocenters. The van der Waals surface area contributed by atoms with E-state index in [0.717, 1.165) is 42.1 Å². The maximum Gasteiger partial charge on any atom is 0.127 e. The number of rotatable bonds is 37. The van der Waals surface area contributed by atoms with E-state index in [2.05, 4.69) is 137 Å². The van der Waals surface area contributed by atoms with Crippen LogP contribution in [0.25, 0.3) is 54.3 Å². The Morgan fingerprint density at radius 1 is 0.343 bits per heavy atom. The molecule has 0 saturated carbocycles. The van der Waals surface area contributed by atoms with Crippen LogP contribution >= 0.6 is 45.3 Å². The first-order chi connectivity index (χ1) is 34.6.